The molecule has 74 valence electrons. The first kappa shape index (κ1) is 11.0. The molecule has 0 N–H and O–H groups in total. The number of rotatable bonds is 3. The molecule has 0 aliphatic carbocycles. The molecular formula is C7H6BrF3OS. The van der Waals surface area contributed by atoms with E-state index >= 15 is 0 Å². The van der Waals surface area contributed by atoms with E-state index in [1.807, 2.05) is 0 Å². The second kappa shape index (κ2) is 4.43. The molecule has 1 nitrogen and oxygen atoms in total. The lowest BCUT2D eigenvalue weighted by Gasteiger charge is -2.06. The maximum atomic E-state index is 11.7. The predicted octanol–water partition coefficient (Wildman–Crippen LogP) is 3.59. The van der Waals surface area contributed by atoms with Gasteiger partial charge in [-0.1, -0.05) is 0 Å². The lowest BCUT2D eigenvalue weighted by molar-refractivity contribution is -0.176. The third-order valence-corrected chi connectivity index (χ3v) is 3.09. The van der Waals surface area contributed by atoms with Gasteiger partial charge in [-0.2, -0.15) is 13.2 Å². The van der Waals surface area contributed by atoms with E-state index in [0.29, 0.717) is 0 Å². The zero-order chi connectivity index (χ0) is 9.90. The maximum Gasteiger partial charge on any atom is 0.411 e. The molecule has 1 aromatic rings. The summed E-state index contributed by atoms with van der Waals surface area (Å²) in [6.07, 6.45) is -4.25. The summed E-state index contributed by atoms with van der Waals surface area (Å²) in [6.45, 7) is -1.20. The minimum absolute atomic E-state index is 0.00222. The normalized spacial score (nSPS) is 12.0. The maximum absolute atomic E-state index is 11.7. The summed E-state index contributed by atoms with van der Waals surface area (Å²) in [6, 6.07) is 1.77. The molecule has 0 aromatic carbocycles. The largest absolute Gasteiger partial charge is 0.411 e. The molecule has 1 rings (SSSR count). The van der Waals surface area contributed by atoms with E-state index in [0.717, 1.165) is 9.35 Å². The molecule has 0 amide bonds. The lowest BCUT2D eigenvalue weighted by atomic mass is 10.5. The summed E-state index contributed by atoms with van der Waals surface area (Å²) >= 11 is 4.56. The van der Waals surface area contributed by atoms with Crippen LogP contribution in [0.25, 0.3) is 0 Å². The first-order valence-electron chi connectivity index (χ1n) is 3.35. The van der Waals surface area contributed by atoms with Crippen LogP contribution in [0.1, 0.15) is 4.88 Å². The van der Waals surface area contributed by atoms with Crippen molar-refractivity contribution in [1.29, 1.82) is 0 Å². The average Bonchev–Trinajstić information content (AvgIpc) is 2.34. The Balaban J connectivity index is 2.32. The summed E-state index contributed by atoms with van der Waals surface area (Å²) in [4.78, 5) is 0.768. The van der Waals surface area contributed by atoms with Crippen molar-refractivity contribution in [2.45, 2.75) is 12.8 Å². The zero-order valence-corrected chi connectivity index (χ0v) is 8.80. The Bertz CT molecular complexity index is 271. The highest BCUT2D eigenvalue weighted by Gasteiger charge is 2.27. The van der Waals surface area contributed by atoms with Gasteiger partial charge in [0, 0.05) is 9.35 Å². The standard InChI is InChI=1S/C7H6BrF3OS/c8-5-1-2-13-6(5)3-12-4-7(9,10)11/h1-2H,3-4H2. The predicted molar refractivity (Wildman–Crippen MR) is 47.7 cm³/mol. The van der Waals surface area contributed by atoms with Gasteiger partial charge in [0.05, 0.1) is 6.61 Å². The molecule has 0 radical (unpaired) electrons. The van der Waals surface area contributed by atoms with Gasteiger partial charge in [-0.25, -0.2) is 0 Å². The lowest BCUT2D eigenvalue weighted by Crippen LogP contribution is -2.16. The summed E-state index contributed by atoms with van der Waals surface area (Å²) in [7, 11) is 0. The van der Waals surface area contributed by atoms with Crippen molar-refractivity contribution in [2.75, 3.05) is 6.61 Å². The van der Waals surface area contributed by atoms with Crippen LogP contribution in [0.5, 0.6) is 0 Å². The highest BCUT2D eigenvalue weighted by atomic mass is 79.9. The van der Waals surface area contributed by atoms with Crippen molar-refractivity contribution < 1.29 is 17.9 Å². The SMILES string of the molecule is FC(F)(F)COCc1sccc1Br. The average molecular weight is 275 g/mol. The van der Waals surface area contributed by atoms with Crippen LogP contribution in [-0.4, -0.2) is 12.8 Å². The van der Waals surface area contributed by atoms with E-state index in [1.165, 1.54) is 11.3 Å². The van der Waals surface area contributed by atoms with Gasteiger partial charge < -0.3 is 4.74 Å². The van der Waals surface area contributed by atoms with Crippen molar-refractivity contribution in [2.24, 2.45) is 0 Å². The second-order valence-corrected chi connectivity index (χ2v) is 4.15. The van der Waals surface area contributed by atoms with E-state index in [1.54, 1.807) is 11.4 Å². The Labute approximate surface area is 85.6 Å². The third kappa shape index (κ3) is 4.10. The van der Waals surface area contributed by atoms with Crippen LogP contribution in [-0.2, 0) is 11.3 Å². The van der Waals surface area contributed by atoms with E-state index in [9.17, 15) is 13.2 Å². The number of hydrogen-bond acceptors (Lipinski definition) is 2. The van der Waals surface area contributed by atoms with E-state index in [2.05, 4.69) is 20.7 Å². The molecule has 0 saturated carbocycles. The van der Waals surface area contributed by atoms with Crippen molar-refractivity contribution in [1.82, 2.24) is 0 Å². The molecule has 0 saturated heterocycles. The molecule has 0 aliphatic rings. The molecule has 0 fully saturated rings. The van der Waals surface area contributed by atoms with Gasteiger partial charge in [-0.3, -0.25) is 0 Å². The Morgan fingerprint density at radius 3 is 2.62 bits per heavy atom. The zero-order valence-electron chi connectivity index (χ0n) is 6.40. The van der Waals surface area contributed by atoms with E-state index < -0.39 is 12.8 Å². The fraction of sp³-hybridized carbons (Fsp3) is 0.429. The number of halogens is 4. The second-order valence-electron chi connectivity index (χ2n) is 2.30. The van der Waals surface area contributed by atoms with Crippen molar-refractivity contribution in [3.8, 4) is 0 Å². The van der Waals surface area contributed by atoms with Gasteiger partial charge in [-0.05, 0) is 27.4 Å². The quantitative estimate of drug-likeness (QED) is 0.819. The molecule has 0 unspecified atom stereocenters. The Kier molecular flexibility index (Phi) is 3.75. The van der Waals surface area contributed by atoms with Gasteiger partial charge >= 0.3 is 6.18 Å². The van der Waals surface area contributed by atoms with E-state index in [4.69, 9.17) is 0 Å². The minimum atomic E-state index is -4.25. The minimum Gasteiger partial charge on any atom is -0.366 e. The Morgan fingerprint density at radius 1 is 1.46 bits per heavy atom. The smallest absolute Gasteiger partial charge is 0.366 e. The number of thiophene rings is 1. The van der Waals surface area contributed by atoms with Crippen LogP contribution in [0.3, 0.4) is 0 Å². The topological polar surface area (TPSA) is 9.23 Å². The highest BCUT2D eigenvalue weighted by Crippen LogP contribution is 2.24. The first-order chi connectivity index (χ1) is 5.99. The summed E-state index contributed by atoms with van der Waals surface area (Å²) < 4.78 is 40.2. The summed E-state index contributed by atoms with van der Waals surface area (Å²) in [5.41, 5.74) is 0. The van der Waals surface area contributed by atoms with Crippen LogP contribution in [0, 0.1) is 0 Å². The van der Waals surface area contributed by atoms with Gasteiger partial charge in [-0.15, -0.1) is 11.3 Å². The van der Waals surface area contributed by atoms with E-state index in [-0.39, 0.29) is 6.61 Å². The summed E-state index contributed by atoms with van der Waals surface area (Å²) in [5, 5.41) is 1.79. The van der Waals surface area contributed by atoms with Gasteiger partial charge in [0.2, 0.25) is 0 Å². The fourth-order valence-electron chi connectivity index (χ4n) is 0.688. The molecule has 0 spiro atoms. The van der Waals surface area contributed by atoms with Crippen molar-refractivity contribution in [3.63, 3.8) is 0 Å². The van der Waals surface area contributed by atoms with Gasteiger partial charge in [0.1, 0.15) is 6.61 Å². The van der Waals surface area contributed by atoms with Crippen LogP contribution in [0.2, 0.25) is 0 Å². The molecular weight excluding hydrogens is 269 g/mol. The highest BCUT2D eigenvalue weighted by molar-refractivity contribution is 9.10. The van der Waals surface area contributed by atoms with Gasteiger partial charge in [0.25, 0.3) is 0 Å². The van der Waals surface area contributed by atoms with Crippen LogP contribution in [0.15, 0.2) is 15.9 Å². The van der Waals surface area contributed by atoms with Crippen molar-refractivity contribution in [3.05, 3.63) is 20.8 Å². The Hall–Kier alpha value is -0.0700. The molecule has 13 heavy (non-hydrogen) atoms. The third-order valence-electron chi connectivity index (χ3n) is 1.19. The summed E-state index contributed by atoms with van der Waals surface area (Å²) in [5.74, 6) is 0. The van der Waals surface area contributed by atoms with Gasteiger partial charge in [0.15, 0.2) is 0 Å². The number of hydrogen-bond donors (Lipinski definition) is 0. The number of alkyl halides is 3. The molecule has 1 heterocycles. The molecule has 0 aliphatic heterocycles. The monoisotopic (exact) mass is 274 g/mol. The first-order valence-corrected chi connectivity index (χ1v) is 5.02. The van der Waals surface area contributed by atoms with Crippen LogP contribution >= 0.6 is 27.3 Å². The van der Waals surface area contributed by atoms with Crippen molar-refractivity contribution >= 4 is 27.3 Å². The molecule has 0 atom stereocenters. The van der Waals surface area contributed by atoms with Crippen LogP contribution < -0.4 is 0 Å². The molecule has 6 heteroatoms. The molecule has 0 bridgehead atoms. The number of ether oxygens (including phenoxy) is 1. The molecule has 1 aromatic heterocycles. The fourth-order valence-corrected chi connectivity index (χ4v) is 2.09. The Morgan fingerprint density at radius 2 is 2.15 bits per heavy atom. The van der Waals surface area contributed by atoms with Crippen LogP contribution in [0.4, 0.5) is 13.2 Å².